The molecule has 0 spiro atoms. The third-order valence-electron chi connectivity index (χ3n) is 4.05. The van der Waals surface area contributed by atoms with Gasteiger partial charge in [0.25, 0.3) is 0 Å². The van der Waals surface area contributed by atoms with Crippen molar-refractivity contribution >= 4 is 18.1 Å². The Hall–Kier alpha value is -2.31. The van der Waals surface area contributed by atoms with Gasteiger partial charge in [0.1, 0.15) is 0 Å². The number of carbonyl (C=O) groups excluding carboxylic acids is 3. The van der Waals surface area contributed by atoms with Gasteiger partial charge in [-0.3, -0.25) is 4.79 Å². The van der Waals surface area contributed by atoms with Crippen molar-refractivity contribution in [2.24, 2.45) is 5.92 Å². The van der Waals surface area contributed by atoms with E-state index in [-0.39, 0.29) is 13.2 Å². The zero-order valence-electron chi connectivity index (χ0n) is 18.4. The molecule has 166 valence electrons. The molecule has 0 bridgehead atoms. The predicted octanol–water partition coefficient (Wildman–Crippen LogP) is 4.74. The molecule has 2 unspecified atom stereocenters. The van der Waals surface area contributed by atoms with Crippen molar-refractivity contribution in [2.45, 2.75) is 72.3 Å². The molecule has 0 saturated heterocycles. The Kier molecular flexibility index (Phi) is 15.3. The fourth-order valence-corrected chi connectivity index (χ4v) is 2.33. The normalized spacial score (nSPS) is 12.7. The number of ether oxygens (including phenoxy) is 4. The van der Waals surface area contributed by atoms with Gasteiger partial charge >= 0.3 is 18.1 Å². The highest BCUT2D eigenvalue weighted by molar-refractivity contribution is 5.83. The fourth-order valence-electron chi connectivity index (χ4n) is 2.33. The Morgan fingerprint density at radius 1 is 0.966 bits per heavy atom. The van der Waals surface area contributed by atoms with Gasteiger partial charge in [0.05, 0.1) is 26.7 Å². The molecular formula is C22H36O7. The van der Waals surface area contributed by atoms with Crippen LogP contribution in [-0.4, -0.2) is 44.5 Å². The molecule has 0 aromatic heterocycles. The van der Waals surface area contributed by atoms with Gasteiger partial charge < -0.3 is 18.9 Å². The minimum Gasteiger partial charge on any atom is -0.466 e. The van der Waals surface area contributed by atoms with Crippen LogP contribution in [0.25, 0.3) is 0 Å². The maximum absolute atomic E-state index is 12.0. The topological polar surface area (TPSA) is 88.1 Å². The predicted molar refractivity (Wildman–Crippen MR) is 110 cm³/mol. The summed E-state index contributed by atoms with van der Waals surface area (Å²) in [5.74, 6) is -1.06. The largest absolute Gasteiger partial charge is 0.509 e. The molecule has 7 heteroatoms. The highest BCUT2D eigenvalue weighted by Crippen LogP contribution is 2.13. The van der Waals surface area contributed by atoms with Crippen LogP contribution in [0, 0.1) is 5.92 Å². The van der Waals surface area contributed by atoms with Crippen LogP contribution >= 0.6 is 0 Å². The van der Waals surface area contributed by atoms with Crippen molar-refractivity contribution in [3.8, 4) is 0 Å². The number of hydrogen-bond acceptors (Lipinski definition) is 7. The van der Waals surface area contributed by atoms with E-state index in [1.807, 2.05) is 19.1 Å². The van der Waals surface area contributed by atoms with Crippen molar-refractivity contribution in [1.29, 1.82) is 0 Å². The molecule has 29 heavy (non-hydrogen) atoms. The van der Waals surface area contributed by atoms with Gasteiger partial charge in [0, 0.05) is 0 Å². The van der Waals surface area contributed by atoms with Gasteiger partial charge in [-0.1, -0.05) is 37.6 Å². The van der Waals surface area contributed by atoms with Gasteiger partial charge in [0.2, 0.25) is 6.10 Å². The second kappa shape index (κ2) is 16.6. The molecule has 0 aromatic carbocycles. The van der Waals surface area contributed by atoms with E-state index in [1.54, 1.807) is 0 Å². The number of rotatable bonds is 14. The second-order valence-corrected chi connectivity index (χ2v) is 7.07. The Labute approximate surface area is 174 Å². The van der Waals surface area contributed by atoms with E-state index in [0.29, 0.717) is 12.3 Å². The maximum atomic E-state index is 12.0. The van der Waals surface area contributed by atoms with Gasteiger partial charge in [-0.05, 0) is 51.9 Å². The molecule has 0 aliphatic rings. The molecule has 0 heterocycles. The molecule has 0 radical (unpaired) electrons. The average Bonchev–Trinajstić information content (AvgIpc) is 2.66. The monoisotopic (exact) mass is 412 g/mol. The zero-order valence-corrected chi connectivity index (χ0v) is 18.4. The van der Waals surface area contributed by atoms with E-state index in [1.165, 1.54) is 5.57 Å². The van der Waals surface area contributed by atoms with Crippen molar-refractivity contribution in [3.63, 3.8) is 0 Å². The van der Waals surface area contributed by atoms with Crippen LogP contribution in [0.1, 0.15) is 66.2 Å². The number of hydrogen-bond donors (Lipinski definition) is 0. The number of esters is 2. The van der Waals surface area contributed by atoms with Crippen LogP contribution in [-0.2, 0) is 28.5 Å². The minimum absolute atomic E-state index is 0.123. The zero-order chi connectivity index (χ0) is 22.1. The summed E-state index contributed by atoms with van der Waals surface area (Å²) in [6.45, 7) is 8.59. The van der Waals surface area contributed by atoms with Gasteiger partial charge in [-0.15, -0.1) is 0 Å². The molecule has 7 nitrogen and oxygen atoms in total. The van der Waals surface area contributed by atoms with Crippen LogP contribution in [0.15, 0.2) is 23.8 Å². The summed E-state index contributed by atoms with van der Waals surface area (Å²) in [6, 6.07) is 0. The quantitative estimate of drug-likeness (QED) is 0.176. The van der Waals surface area contributed by atoms with Crippen molar-refractivity contribution in [3.05, 3.63) is 23.8 Å². The standard InChI is InChI=1S/C22H36O7/c1-6-7-8-9-14-28-22(25)29-19(21(24)26-5)16-20(23)27-15-13-18(4)12-10-11-17(2)3/h7-8,11,18-19H,6,9-10,12-16H2,1-5H3. The lowest BCUT2D eigenvalue weighted by Crippen LogP contribution is -2.32. The molecule has 0 N–H and O–H groups in total. The Morgan fingerprint density at radius 3 is 2.31 bits per heavy atom. The highest BCUT2D eigenvalue weighted by atomic mass is 16.7. The number of allylic oxidation sites excluding steroid dienone is 3. The molecule has 0 aromatic rings. The molecule has 0 saturated carbocycles. The lowest BCUT2D eigenvalue weighted by molar-refractivity contribution is -0.159. The Morgan fingerprint density at radius 2 is 1.69 bits per heavy atom. The lowest BCUT2D eigenvalue weighted by Gasteiger charge is -2.15. The minimum atomic E-state index is -1.39. The lowest BCUT2D eigenvalue weighted by atomic mass is 10.0. The number of carbonyl (C=O) groups is 3. The first kappa shape index (κ1) is 26.7. The van der Waals surface area contributed by atoms with E-state index in [9.17, 15) is 14.4 Å². The average molecular weight is 413 g/mol. The van der Waals surface area contributed by atoms with Crippen LogP contribution < -0.4 is 0 Å². The Bertz CT molecular complexity index is 547. The SMILES string of the molecule is CCC=CCCOC(=O)OC(CC(=O)OCCC(C)CCC=C(C)C)C(=O)OC. The third kappa shape index (κ3) is 15.3. The van der Waals surface area contributed by atoms with Crippen LogP contribution in [0.4, 0.5) is 4.79 Å². The maximum Gasteiger partial charge on any atom is 0.509 e. The van der Waals surface area contributed by atoms with Crippen LogP contribution in [0.3, 0.4) is 0 Å². The smallest absolute Gasteiger partial charge is 0.466 e. The Balaban J connectivity index is 4.29. The number of methoxy groups -OCH3 is 1. The molecule has 2 atom stereocenters. The van der Waals surface area contributed by atoms with Crippen molar-refractivity contribution in [2.75, 3.05) is 20.3 Å². The van der Waals surface area contributed by atoms with E-state index >= 15 is 0 Å². The first-order valence-corrected chi connectivity index (χ1v) is 10.1. The van der Waals surface area contributed by atoms with Gasteiger partial charge in [-0.25, -0.2) is 9.59 Å². The van der Waals surface area contributed by atoms with Gasteiger partial charge in [0.15, 0.2) is 0 Å². The molecule has 0 rings (SSSR count). The summed E-state index contributed by atoms with van der Waals surface area (Å²) in [7, 11) is 1.15. The molecular weight excluding hydrogens is 376 g/mol. The summed E-state index contributed by atoms with van der Waals surface area (Å²) >= 11 is 0. The summed E-state index contributed by atoms with van der Waals surface area (Å²) in [4.78, 5) is 35.5. The fraction of sp³-hybridized carbons (Fsp3) is 0.682. The van der Waals surface area contributed by atoms with Crippen molar-refractivity contribution < 1.29 is 33.3 Å². The van der Waals surface area contributed by atoms with Gasteiger partial charge in [-0.2, -0.15) is 0 Å². The first-order chi connectivity index (χ1) is 13.8. The third-order valence-corrected chi connectivity index (χ3v) is 4.05. The summed E-state index contributed by atoms with van der Waals surface area (Å²) < 4.78 is 19.6. The second-order valence-electron chi connectivity index (χ2n) is 7.07. The van der Waals surface area contributed by atoms with Crippen LogP contribution in [0.5, 0.6) is 0 Å². The summed E-state index contributed by atoms with van der Waals surface area (Å²) in [5, 5.41) is 0. The van der Waals surface area contributed by atoms with E-state index in [2.05, 4.69) is 31.6 Å². The summed E-state index contributed by atoms with van der Waals surface area (Å²) in [5.41, 5.74) is 1.29. The van der Waals surface area contributed by atoms with E-state index < -0.39 is 30.6 Å². The van der Waals surface area contributed by atoms with Crippen LogP contribution in [0.2, 0.25) is 0 Å². The molecule has 0 amide bonds. The van der Waals surface area contributed by atoms with Crippen molar-refractivity contribution in [1.82, 2.24) is 0 Å². The van der Waals surface area contributed by atoms with E-state index in [4.69, 9.17) is 14.2 Å². The molecule has 0 aliphatic carbocycles. The summed E-state index contributed by atoms with van der Waals surface area (Å²) in [6.07, 6.45) is 7.34. The highest BCUT2D eigenvalue weighted by Gasteiger charge is 2.28. The van der Waals surface area contributed by atoms with E-state index in [0.717, 1.165) is 32.8 Å². The molecule has 0 aliphatic heterocycles. The first-order valence-electron chi connectivity index (χ1n) is 10.1. The molecule has 0 fully saturated rings.